The molecular formula is C63H63N5O9. The lowest BCUT2D eigenvalue weighted by Gasteiger charge is -2.46. The van der Waals surface area contributed by atoms with Crippen LogP contribution in [0.3, 0.4) is 0 Å². The molecule has 4 heterocycles. The van der Waals surface area contributed by atoms with E-state index in [1.807, 2.05) is 127 Å². The Hall–Kier alpha value is -7.80. The molecule has 0 aromatic heterocycles. The van der Waals surface area contributed by atoms with Crippen LogP contribution >= 0.6 is 0 Å². The normalized spacial score (nSPS) is 24.1. The average molecular weight is 1030 g/mol. The second-order valence-electron chi connectivity index (χ2n) is 20.7. The van der Waals surface area contributed by atoms with Gasteiger partial charge in [0.15, 0.2) is 0 Å². The van der Waals surface area contributed by atoms with Crippen LogP contribution in [0, 0.1) is 17.8 Å². The molecule has 14 heteroatoms. The number of hydrogen-bond donors (Lipinski definition) is 4. The number of fused-ring (bicyclic) bond motifs is 3. The number of carbonyl (C=O) groups is 4. The molecule has 4 N–H and O–H groups in total. The predicted octanol–water partition coefficient (Wildman–Crippen LogP) is 9.11. The van der Waals surface area contributed by atoms with Crippen LogP contribution in [-0.4, -0.2) is 90.1 Å². The number of aliphatic hydroxyl groups is 2. The third-order valence-corrected chi connectivity index (χ3v) is 16.0. The highest BCUT2D eigenvalue weighted by atomic mass is 16.6. The first-order valence-electron chi connectivity index (χ1n) is 26.8. The lowest BCUT2D eigenvalue weighted by molar-refractivity contribution is -0.177. The number of benzene rings is 6. The Kier molecular flexibility index (Phi) is 14.7. The molecule has 3 saturated heterocycles. The summed E-state index contributed by atoms with van der Waals surface area (Å²) in [6.07, 6.45) is 3.69. The molecule has 1 aliphatic carbocycles. The maximum atomic E-state index is 17.0. The standard InChI is InChI=1S/C63H63N5O9/c1-42(44-17-7-4-8-18-44)64-61(73)67-51-30-25-43(31-34-62(74)32-15-2-3-16-33-62)41-50(51)63(60(67)72)53(58(70)65-47-26-28-48(29-27-47)66-35-38-75-39-36-66)55-59(71)77-56(46-21-11-6-12-22-46)54(45-19-9-5-10-20-45)68(55)57(63)49-23-13-14-24-52(49)76-40-37-69/h4-14,17-30,41-42,53-57,69,74H,2-3,15-16,32-33,35-40H2,1H3,(H,64,73)(H,65,70). The quantitative estimate of drug-likeness (QED) is 0.0555. The molecule has 1 saturated carbocycles. The Bertz CT molecular complexity index is 3170. The van der Waals surface area contributed by atoms with Crippen molar-refractivity contribution in [2.45, 2.75) is 86.7 Å². The Labute approximate surface area is 448 Å². The molecule has 5 aliphatic rings. The number of nitrogens with one attached hydrogen (secondary N) is 2. The molecule has 1 spiro atoms. The zero-order valence-corrected chi connectivity index (χ0v) is 43.1. The van der Waals surface area contributed by atoms with E-state index in [-0.39, 0.29) is 24.5 Å². The highest BCUT2D eigenvalue weighted by Crippen LogP contribution is 2.67. The van der Waals surface area contributed by atoms with Crippen molar-refractivity contribution in [1.29, 1.82) is 0 Å². The fraction of sp³-hybridized carbons (Fsp3) is 0.333. The predicted molar refractivity (Wildman–Crippen MR) is 292 cm³/mol. The van der Waals surface area contributed by atoms with Gasteiger partial charge in [0.05, 0.1) is 49.6 Å². The molecule has 6 aromatic carbocycles. The van der Waals surface area contributed by atoms with Crippen molar-refractivity contribution in [2.75, 3.05) is 54.6 Å². The number of cyclic esters (lactones) is 1. The maximum Gasteiger partial charge on any atom is 0.329 e. The van der Waals surface area contributed by atoms with Gasteiger partial charge in [-0.1, -0.05) is 134 Å². The first kappa shape index (κ1) is 51.3. The molecule has 4 aliphatic heterocycles. The first-order chi connectivity index (χ1) is 37.6. The number of esters is 1. The summed E-state index contributed by atoms with van der Waals surface area (Å²) in [5, 5.41) is 28.4. The number of ether oxygens (including phenoxy) is 3. The molecular weight excluding hydrogens is 971 g/mol. The van der Waals surface area contributed by atoms with Crippen molar-refractivity contribution in [3.63, 3.8) is 0 Å². The van der Waals surface area contributed by atoms with Crippen molar-refractivity contribution in [3.8, 4) is 17.6 Å². The van der Waals surface area contributed by atoms with Crippen LogP contribution in [0.4, 0.5) is 21.9 Å². The van der Waals surface area contributed by atoms with Crippen LogP contribution in [0.2, 0.25) is 0 Å². The van der Waals surface area contributed by atoms with Crippen molar-refractivity contribution < 1.29 is 43.6 Å². The van der Waals surface area contributed by atoms with Gasteiger partial charge in [0, 0.05) is 35.6 Å². The number of nitrogens with zero attached hydrogens (tertiary/aromatic N) is 3. The van der Waals surface area contributed by atoms with Crippen molar-refractivity contribution in [2.24, 2.45) is 5.92 Å². The molecule has 7 atom stereocenters. The second kappa shape index (κ2) is 22.0. The molecule has 0 bridgehead atoms. The van der Waals surface area contributed by atoms with Gasteiger partial charge in [-0.2, -0.15) is 0 Å². The summed E-state index contributed by atoms with van der Waals surface area (Å²) < 4.78 is 18.7. The van der Waals surface area contributed by atoms with Gasteiger partial charge in [-0.15, -0.1) is 0 Å². The minimum Gasteiger partial charge on any atom is -0.491 e. The van der Waals surface area contributed by atoms with E-state index in [9.17, 15) is 10.2 Å². The van der Waals surface area contributed by atoms with E-state index < -0.39 is 71.0 Å². The summed E-state index contributed by atoms with van der Waals surface area (Å²) in [5.41, 5.74) is 1.54. The van der Waals surface area contributed by atoms with E-state index in [1.165, 1.54) is 0 Å². The molecule has 7 unspecified atom stereocenters. The Morgan fingerprint density at radius 1 is 0.779 bits per heavy atom. The van der Waals surface area contributed by atoms with Crippen LogP contribution in [0.15, 0.2) is 158 Å². The third kappa shape index (κ3) is 9.74. The van der Waals surface area contributed by atoms with Gasteiger partial charge in [-0.05, 0) is 103 Å². The van der Waals surface area contributed by atoms with E-state index in [1.54, 1.807) is 42.5 Å². The zero-order valence-electron chi connectivity index (χ0n) is 43.1. The van der Waals surface area contributed by atoms with Crippen LogP contribution in [0.5, 0.6) is 5.75 Å². The van der Waals surface area contributed by atoms with Crippen LogP contribution in [0.1, 0.15) is 103 Å². The van der Waals surface area contributed by atoms with Gasteiger partial charge >= 0.3 is 12.0 Å². The largest absolute Gasteiger partial charge is 0.491 e. The monoisotopic (exact) mass is 1030 g/mol. The number of urea groups is 1. The van der Waals surface area contributed by atoms with E-state index >= 15 is 19.2 Å². The Morgan fingerprint density at radius 2 is 1.43 bits per heavy atom. The number of anilines is 3. The molecule has 6 aromatic rings. The lowest BCUT2D eigenvalue weighted by Crippen LogP contribution is -2.55. The summed E-state index contributed by atoms with van der Waals surface area (Å²) in [5.74, 6) is 3.01. The zero-order chi connectivity index (χ0) is 53.1. The maximum absolute atomic E-state index is 17.0. The molecule has 394 valence electrons. The van der Waals surface area contributed by atoms with Gasteiger partial charge in [0.2, 0.25) is 11.8 Å². The Balaban J connectivity index is 1.18. The number of para-hydroxylation sites is 1. The van der Waals surface area contributed by atoms with Crippen molar-refractivity contribution in [1.82, 2.24) is 10.2 Å². The Morgan fingerprint density at radius 3 is 2.12 bits per heavy atom. The number of amides is 4. The fourth-order valence-electron chi connectivity index (χ4n) is 12.4. The van der Waals surface area contributed by atoms with Gasteiger partial charge in [-0.25, -0.2) is 9.69 Å². The number of morpholine rings is 2. The molecule has 77 heavy (non-hydrogen) atoms. The minimum absolute atomic E-state index is 0.111. The van der Waals surface area contributed by atoms with E-state index in [0.717, 1.165) is 47.4 Å². The third-order valence-electron chi connectivity index (χ3n) is 16.0. The van der Waals surface area contributed by atoms with E-state index in [0.29, 0.717) is 67.3 Å². The second-order valence-corrected chi connectivity index (χ2v) is 20.7. The van der Waals surface area contributed by atoms with E-state index in [2.05, 4.69) is 27.4 Å². The van der Waals surface area contributed by atoms with E-state index in [4.69, 9.17) is 14.2 Å². The molecule has 0 radical (unpaired) electrons. The summed E-state index contributed by atoms with van der Waals surface area (Å²) in [6.45, 7) is 3.98. The highest BCUT2D eigenvalue weighted by molar-refractivity contribution is 6.25. The summed E-state index contributed by atoms with van der Waals surface area (Å²) in [4.78, 5) is 69.7. The van der Waals surface area contributed by atoms with Crippen LogP contribution in [0.25, 0.3) is 0 Å². The minimum atomic E-state index is -2.13. The number of aliphatic hydroxyl groups excluding tert-OH is 1. The molecule has 11 rings (SSSR count). The summed E-state index contributed by atoms with van der Waals surface area (Å²) >= 11 is 0. The van der Waals surface area contributed by atoms with Crippen LogP contribution < -0.4 is 25.2 Å². The lowest BCUT2D eigenvalue weighted by atomic mass is 9.65. The molecule has 4 amide bonds. The van der Waals surface area contributed by atoms with Gasteiger partial charge < -0.3 is 40.0 Å². The number of carbonyl (C=O) groups excluding carboxylic acids is 4. The van der Waals surface area contributed by atoms with Gasteiger partial charge in [0.1, 0.15) is 35.5 Å². The summed E-state index contributed by atoms with van der Waals surface area (Å²) in [7, 11) is 0. The number of hydrogen-bond acceptors (Lipinski definition) is 11. The van der Waals surface area contributed by atoms with Crippen molar-refractivity contribution in [3.05, 3.63) is 191 Å². The first-order valence-corrected chi connectivity index (χ1v) is 26.8. The molecule has 4 fully saturated rings. The SMILES string of the molecule is CC(NC(=O)N1C(=O)C2(c3cc(C#CC4(O)CCCCCC4)ccc31)C(C(=O)Nc1ccc(N3CCOCC3)cc1)C1C(=O)OC(c3ccccc3)C(c3ccccc3)N1C2c1ccccc1OCCO)c1ccccc1. The number of rotatable bonds is 11. The average Bonchev–Trinajstić information content (AvgIpc) is 3.32. The fourth-order valence-corrected chi connectivity index (χ4v) is 12.4. The van der Waals surface area contributed by atoms with Crippen LogP contribution in [-0.2, 0) is 29.3 Å². The topological polar surface area (TPSA) is 170 Å². The highest BCUT2D eigenvalue weighted by Gasteiger charge is 2.76. The number of imide groups is 1. The summed E-state index contributed by atoms with van der Waals surface area (Å²) in [6, 6.07) is 43.3. The van der Waals surface area contributed by atoms with Gasteiger partial charge in [-0.3, -0.25) is 19.3 Å². The van der Waals surface area contributed by atoms with Gasteiger partial charge in [0.25, 0.3) is 0 Å². The van der Waals surface area contributed by atoms with Crippen molar-refractivity contribution >= 4 is 40.9 Å². The smallest absolute Gasteiger partial charge is 0.329 e. The molecule has 14 nitrogen and oxygen atoms in total.